The van der Waals surface area contributed by atoms with Crippen LogP contribution in [-0.4, -0.2) is 9.78 Å². The van der Waals surface area contributed by atoms with Crippen molar-refractivity contribution >= 4 is 0 Å². The summed E-state index contributed by atoms with van der Waals surface area (Å²) in [6.07, 6.45) is 7.07. The fraction of sp³-hybridized carbons (Fsp3) is 0.400. The van der Waals surface area contributed by atoms with Crippen LogP contribution < -0.4 is 4.74 Å². The number of nitrogens with zero attached hydrogens (tertiary/aromatic N) is 2. The zero-order valence-electron chi connectivity index (χ0n) is 10.8. The monoisotopic (exact) mass is 260 g/mol. The Kier molecular flexibility index (Phi) is 3.49. The lowest BCUT2D eigenvalue weighted by molar-refractivity contribution is 0.297. The lowest BCUT2D eigenvalue weighted by atomic mass is 10.3. The minimum atomic E-state index is -0.252. The number of benzene rings is 1. The van der Waals surface area contributed by atoms with Crippen molar-refractivity contribution in [1.29, 1.82) is 0 Å². The Bertz CT molecular complexity index is 529. The third-order valence-corrected chi connectivity index (χ3v) is 3.56. The zero-order chi connectivity index (χ0) is 13.1. The van der Waals surface area contributed by atoms with Gasteiger partial charge in [0.1, 0.15) is 18.2 Å². The summed E-state index contributed by atoms with van der Waals surface area (Å²) in [7, 11) is 0. The van der Waals surface area contributed by atoms with Crippen LogP contribution in [0.4, 0.5) is 4.39 Å². The maximum absolute atomic E-state index is 12.8. The number of aromatic nitrogens is 2. The summed E-state index contributed by atoms with van der Waals surface area (Å²) in [6, 6.07) is 8.59. The summed E-state index contributed by atoms with van der Waals surface area (Å²) in [5.74, 6) is 0.412. The molecule has 1 aromatic carbocycles. The zero-order valence-corrected chi connectivity index (χ0v) is 10.8. The van der Waals surface area contributed by atoms with Crippen molar-refractivity contribution in [3.63, 3.8) is 0 Å². The van der Waals surface area contributed by atoms with Gasteiger partial charge in [0.05, 0.1) is 11.7 Å². The van der Waals surface area contributed by atoms with Crippen LogP contribution in [0.3, 0.4) is 0 Å². The van der Waals surface area contributed by atoms with Gasteiger partial charge in [-0.25, -0.2) is 4.39 Å². The van der Waals surface area contributed by atoms with Crippen molar-refractivity contribution in [3.8, 4) is 5.75 Å². The Morgan fingerprint density at radius 1 is 1.16 bits per heavy atom. The van der Waals surface area contributed by atoms with Crippen molar-refractivity contribution in [1.82, 2.24) is 9.78 Å². The summed E-state index contributed by atoms with van der Waals surface area (Å²) >= 11 is 0. The molecule has 3 rings (SSSR count). The van der Waals surface area contributed by atoms with Crippen LogP contribution in [-0.2, 0) is 6.61 Å². The second kappa shape index (κ2) is 5.43. The van der Waals surface area contributed by atoms with Gasteiger partial charge < -0.3 is 4.74 Å². The third kappa shape index (κ3) is 2.95. The molecule has 0 bridgehead atoms. The molecule has 0 atom stereocenters. The molecule has 3 nitrogen and oxygen atoms in total. The minimum Gasteiger partial charge on any atom is -0.487 e. The predicted octanol–water partition coefficient (Wildman–Crippen LogP) is 3.72. The highest BCUT2D eigenvalue weighted by atomic mass is 19.1. The van der Waals surface area contributed by atoms with Crippen molar-refractivity contribution in [3.05, 3.63) is 48.0 Å². The maximum Gasteiger partial charge on any atom is 0.132 e. The van der Waals surface area contributed by atoms with Gasteiger partial charge in [-0.3, -0.25) is 4.68 Å². The highest BCUT2D eigenvalue weighted by Gasteiger charge is 2.17. The largest absolute Gasteiger partial charge is 0.487 e. The molecule has 19 heavy (non-hydrogen) atoms. The summed E-state index contributed by atoms with van der Waals surface area (Å²) in [5, 5.41) is 4.54. The summed E-state index contributed by atoms with van der Waals surface area (Å²) in [4.78, 5) is 0. The molecule has 2 aromatic rings. The van der Waals surface area contributed by atoms with E-state index in [-0.39, 0.29) is 5.82 Å². The molecule has 1 aliphatic carbocycles. The van der Waals surface area contributed by atoms with Gasteiger partial charge in [-0.05, 0) is 43.2 Å². The van der Waals surface area contributed by atoms with Gasteiger partial charge in [-0.1, -0.05) is 12.8 Å². The van der Waals surface area contributed by atoms with E-state index in [1.165, 1.54) is 37.8 Å². The highest BCUT2D eigenvalue weighted by Crippen LogP contribution is 2.28. The summed E-state index contributed by atoms with van der Waals surface area (Å²) < 4.78 is 20.4. The Labute approximate surface area is 112 Å². The maximum atomic E-state index is 12.8. The Morgan fingerprint density at radius 3 is 2.63 bits per heavy atom. The average Bonchev–Trinajstić information content (AvgIpc) is 3.09. The first kappa shape index (κ1) is 12.2. The normalized spacial score (nSPS) is 15.8. The Morgan fingerprint density at radius 2 is 1.89 bits per heavy atom. The fourth-order valence-corrected chi connectivity index (χ4v) is 2.51. The van der Waals surface area contributed by atoms with Gasteiger partial charge in [0, 0.05) is 6.20 Å². The van der Waals surface area contributed by atoms with Crippen LogP contribution in [0, 0.1) is 5.82 Å². The van der Waals surface area contributed by atoms with E-state index in [4.69, 9.17) is 4.74 Å². The van der Waals surface area contributed by atoms with E-state index in [1.807, 2.05) is 12.3 Å². The molecule has 1 saturated carbocycles. The molecular weight excluding hydrogens is 243 g/mol. The number of hydrogen-bond acceptors (Lipinski definition) is 2. The quantitative estimate of drug-likeness (QED) is 0.837. The molecule has 1 aliphatic rings. The highest BCUT2D eigenvalue weighted by molar-refractivity contribution is 5.22. The van der Waals surface area contributed by atoms with Gasteiger partial charge in [0.15, 0.2) is 0 Å². The molecule has 0 amide bonds. The molecule has 0 N–H and O–H groups in total. The van der Waals surface area contributed by atoms with Crippen LogP contribution in [0.2, 0.25) is 0 Å². The van der Waals surface area contributed by atoms with Gasteiger partial charge in [0.2, 0.25) is 0 Å². The van der Waals surface area contributed by atoms with Crippen LogP contribution >= 0.6 is 0 Å². The van der Waals surface area contributed by atoms with Crippen molar-refractivity contribution in [2.24, 2.45) is 0 Å². The molecule has 1 heterocycles. The molecule has 0 saturated heterocycles. The molecule has 100 valence electrons. The van der Waals surface area contributed by atoms with Crippen LogP contribution in [0.1, 0.15) is 37.4 Å². The standard InChI is InChI=1S/C15H17FN2O/c16-12-5-7-15(8-6-12)19-11-13-9-10-18(17-13)14-3-1-2-4-14/h5-10,14H,1-4,11H2. The van der Waals surface area contributed by atoms with Crippen molar-refractivity contribution in [2.75, 3.05) is 0 Å². The third-order valence-electron chi connectivity index (χ3n) is 3.56. The van der Waals surface area contributed by atoms with E-state index in [1.54, 1.807) is 12.1 Å². The first-order valence-electron chi connectivity index (χ1n) is 6.74. The lowest BCUT2D eigenvalue weighted by Crippen LogP contribution is -2.06. The van der Waals surface area contributed by atoms with Crippen molar-refractivity contribution < 1.29 is 9.13 Å². The van der Waals surface area contributed by atoms with Crippen molar-refractivity contribution in [2.45, 2.75) is 38.3 Å². The van der Waals surface area contributed by atoms with Gasteiger partial charge in [-0.2, -0.15) is 5.10 Å². The van der Waals surface area contributed by atoms with E-state index in [0.717, 1.165) is 5.69 Å². The van der Waals surface area contributed by atoms with Gasteiger partial charge >= 0.3 is 0 Å². The first-order chi connectivity index (χ1) is 9.31. The van der Waals surface area contributed by atoms with Crippen LogP contribution in [0.5, 0.6) is 5.75 Å². The fourth-order valence-electron chi connectivity index (χ4n) is 2.51. The second-order valence-electron chi connectivity index (χ2n) is 4.97. The molecule has 4 heteroatoms. The molecule has 1 aromatic heterocycles. The second-order valence-corrected chi connectivity index (χ2v) is 4.97. The van der Waals surface area contributed by atoms with Gasteiger partial charge in [0.25, 0.3) is 0 Å². The molecule has 0 radical (unpaired) electrons. The van der Waals surface area contributed by atoms with E-state index in [9.17, 15) is 4.39 Å². The molecule has 0 spiro atoms. The van der Waals surface area contributed by atoms with Crippen LogP contribution in [0.25, 0.3) is 0 Å². The Balaban J connectivity index is 1.59. The van der Waals surface area contributed by atoms with E-state index in [2.05, 4.69) is 9.78 Å². The average molecular weight is 260 g/mol. The number of hydrogen-bond donors (Lipinski definition) is 0. The molecule has 0 aliphatic heterocycles. The summed E-state index contributed by atoms with van der Waals surface area (Å²) in [5.41, 5.74) is 0.913. The minimum absolute atomic E-state index is 0.252. The van der Waals surface area contributed by atoms with E-state index >= 15 is 0 Å². The number of rotatable bonds is 4. The lowest BCUT2D eigenvalue weighted by Gasteiger charge is -2.09. The Hall–Kier alpha value is -1.84. The van der Waals surface area contributed by atoms with Gasteiger partial charge in [-0.15, -0.1) is 0 Å². The smallest absolute Gasteiger partial charge is 0.132 e. The van der Waals surface area contributed by atoms with E-state index in [0.29, 0.717) is 18.4 Å². The van der Waals surface area contributed by atoms with E-state index < -0.39 is 0 Å². The number of ether oxygens (including phenoxy) is 1. The topological polar surface area (TPSA) is 27.1 Å². The summed E-state index contributed by atoms with van der Waals surface area (Å²) in [6.45, 7) is 0.422. The predicted molar refractivity (Wildman–Crippen MR) is 70.5 cm³/mol. The molecule has 1 fully saturated rings. The SMILES string of the molecule is Fc1ccc(OCc2ccn(C3CCCC3)n2)cc1. The molecule has 0 unspecified atom stereocenters. The number of halogens is 1. The van der Waals surface area contributed by atoms with Crippen LogP contribution in [0.15, 0.2) is 36.5 Å². The first-order valence-corrected chi connectivity index (χ1v) is 6.74. The molecular formula is C15H17FN2O.